The van der Waals surface area contributed by atoms with Crippen LogP contribution in [0.3, 0.4) is 0 Å². The Morgan fingerprint density at radius 1 is 1.21 bits per heavy atom. The van der Waals surface area contributed by atoms with Crippen LogP contribution in [-0.2, 0) is 9.53 Å². The maximum absolute atomic E-state index is 13.9. The Morgan fingerprint density at radius 3 is 2.61 bits per heavy atom. The molecule has 0 unspecified atom stereocenters. The number of carbonyl (C=O) groups excluding carboxylic acids is 1. The van der Waals surface area contributed by atoms with Crippen LogP contribution in [0.2, 0.25) is 5.02 Å². The van der Waals surface area contributed by atoms with Gasteiger partial charge in [0.1, 0.15) is 18.1 Å². The molecule has 0 aliphatic carbocycles. The van der Waals surface area contributed by atoms with Gasteiger partial charge >= 0.3 is 5.97 Å². The second kappa shape index (κ2) is 12.1. The Hall–Kier alpha value is -3.14. The molecule has 0 spiro atoms. The van der Waals surface area contributed by atoms with Crippen molar-refractivity contribution in [3.63, 3.8) is 0 Å². The largest absolute Gasteiger partial charge is 0.494 e. The topological polar surface area (TPSA) is 79.1 Å². The average molecular weight is 618 g/mol. The highest BCUT2D eigenvalue weighted by Gasteiger charge is 2.33. The van der Waals surface area contributed by atoms with Crippen molar-refractivity contribution in [3.8, 4) is 11.5 Å². The van der Waals surface area contributed by atoms with Crippen LogP contribution in [0, 0.1) is 0 Å². The predicted molar refractivity (Wildman–Crippen MR) is 153 cm³/mol. The van der Waals surface area contributed by atoms with Gasteiger partial charge in [-0.25, -0.2) is 9.79 Å². The smallest absolute Gasteiger partial charge is 0.338 e. The molecule has 2 heterocycles. The first-order valence-electron chi connectivity index (χ1n) is 11.9. The third-order valence-corrected chi connectivity index (χ3v) is 7.48. The zero-order valence-electron chi connectivity index (χ0n) is 21.1. The summed E-state index contributed by atoms with van der Waals surface area (Å²) >= 11 is 11.0. The van der Waals surface area contributed by atoms with E-state index in [0.29, 0.717) is 53.8 Å². The lowest BCUT2D eigenvalue weighted by Gasteiger charge is -2.24. The molecule has 1 aliphatic rings. The number of fused-ring (bicyclic) bond motifs is 1. The summed E-state index contributed by atoms with van der Waals surface area (Å²) in [6.45, 7) is 10.1. The highest BCUT2D eigenvalue weighted by Crippen LogP contribution is 2.34. The van der Waals surface area contributed by atoms with Crippen LogP contribution in [0.1, 0.15) is 37.9 Å². The molecule has 198 valence electrons. The molecule has 0 amide bonds. The zero-order valence-corrected chi connectivity index (χ0v) is 24.3. The molecule has 1 aromatic heterocycles. The minimum Gasteiger partial charge on any atom is -0.494 e. The Morgan fingerprint density at radius 2 is 1.95 bits per heavy atom. The number of halogens is 2. The highest BCUT2D eigenvalue weighted by molar-refractivity contribution is 9.10. The van der Waals surface area contributed by atoms with Gasteiger partial charge in [-0.2, -0.15) is 0 Å². The summed E-state index contributed by atoms with van der Waals surface area (Å²) in [7, 11) is 0. The Bertz CT molecular complexity index is 1590. The number of thiazole rings is 1. The summed E-state index contributed by atoms with van der Waals surface area (Å²) in [4.78, 5) is 32.0. The van der Waals surface area contributed by atoms with Crippen molar-refractivity contribution in [2.45, 2.75) is 26.8 Å². The van der Waals surface area contributed by atoms with E-state index in [1.165, 1.54) is 15.9 Å². The summed E-state index contributed by atoms with van der Waals surface area (Å²) in [6, 6.07) is 10.1. The first-order valence-corrected chi connectivity index (χ1v) is 13.9. The van der Waals surface area contributed by atoms with Crippen molar-refractivity contribution >= 4 is 50.9 Å². The van der Waals surface area contributed by atoms with Gasteiger partial charge in [0.25, 0.3) is 5.56 Å². The number of hydrogen-bond donors (Lipinski definition) is 0. The molecule has 1 atom stereocenters. The highest BCUT2D eigenvalue weighted by atomic mass is 79.9. The number of benzene rings is 2. The van der Waals surface area contributed by atoms with Gasteiger partial charge in [0, 0.05) is 10.6 Å². The van der Waals surface area contributed by atoms with Crippen molar-refractivity contribution in [2.75, 3.05) is 19.8 Å². The zero-order chi connectivity index (χ0) is 27.4. The minimum absolute atomic E-state index is 0.202. The van der Waals surface area contributed by atoms with E-state index in [0.717, 1.165) is 5.56 Å². The molecule has 0 N–H and O–H groups in total. The maximum atomic E-state index is 13.9. The first-order chi connectivity index (χ1) is 18.3. The number of allylic oxidation sites excluding steroid dienone is 1. The number of hydrogen-bond acceptors (Lipinski definition) is 7. The molecule has 0 bridgehead atoms. The van der Waals surface area contributed by atoms with Crippen LogP contribution in [0.5, 0.6) is 11.5 Å². The lowest BCUT2D eigenvalue weighted by atomic mass is 9.96. The summed E-state index contributed by atoms with van der Waals surface area (Å²) in [6.07, 6.45) is 3.35. The molecule has 1 aliphatic heterocycles. The van der Waals surface area contributed by atoms with Crippen LogP contribution < -0.4 is 24.4 Å². The van der Waals surface area contributed by atoms with Crippen molar-refractivity contribution < 1.29 is 19.0 Å². The van der Waals surface area contributed by atoms with Gasteiger partial charge in [0.05, 0.1) is 39.5 Å². The van der Waals surface area contributed by atoms with Crippen LogP contribution in [0.15, 0.2) is 74.6 Å². The molecule has 0 fully saturated rings. The fraction of sp³-hybridized carbons (Fsp3) is 0.250. The number of esters is 1. The van der Waals surface area contributed by atoms with E-state index in [4.69, 9.17) is 25.8 Å². The van der Waals surface area contributed by atoms with Crippen LogP contribution in [0.25, 0.3) is 6.08 Å². The van der Waals surface area contributed by atoms with Gasteiger partial charge in [0.15, 0.2) is 4.80 Å². The van der Waals surface area contributed by atoms with Gasteiger partial charge in [-0.1, -0.05) is 47.7 Å². The predicted octanol–water partition coefficient (Wildman–Crippen LogP) is 5.18. The monoisotopic (exact) mass is 616 g/mol. The fourth-order valence-electron chi connectivity index (χ4n) is 4.14. The SMILES string of the molecule is C=CCOc1c(Br)cc(Cl)cc1/C=c1\sc2n(c1=O)[C@H](c1ccc(OCC)cc1)C(C(=O)OCC)=C(C)N=2. The summed E-state index contributed by atoms with van der Waals surface area (Å²) < 4.78 is 19.4. The molecule has 0 radical (unpaired) electrons. The Kier molecular flexibility index (Phi) is 8.91. The third kappa shape index (κ3) is 5.65. The molecule has 38 heavy (non-hydrogen) atoms. The standard InChI is InChI=1S/C28H26BrClN2O5S/c1-5-12-37-25-18(13-19(30)15-21(25)29)14-22-26(33)32-24(17-8-10-20(11-9-17)35-6-2)23(27(34)36-7-3)16(4)31-28(32)38-22/h5,8-11,13-15,24H,1,6-7,12H2,2-4H3/b22-14-/t24-/m1/s1. The first kappa shape index (κ1) is 27.9. The van der Waals surface area contributed by atoms with Crippen molar-refractivity contribution in [2.24, 2.45) is 4.99 Å². The number of aromatic nitrogens is 1. The van der Waals surface area contributed by atoms with Crippen LogP contribution in [0.4, 0.5) is 0 Å². The number of carbonyl (C=O) groups is 1. The second-order valence-electron chi connectivity index (χ2n) is 8.21. The van der Waals surface area contributed by atoms with E-state index in [1.54, 1.807) is 38.1 Å². The average Bonchev–Trinajstić information content (AvgIpc) is 3.17. The van der Waals surface area contributed by atoms with E-state index in [-0.39, 0.29) is 18.8 Å². The normalized spacial score (nSPS) is 15.1. The second-order valence-corrected chi connectivity index (χ2v) is 10.5. The van der Waals surface area contributed by atoms with Gasteiger partial charge in [0.2, 0.25) is 0 Å². The quantitative estimate of drug-likeness (QED) is 0.244. The summed E-state index contributed by atoms with van der Waals surface area (Å²) in [5.74, 6) is 0.716. The lowest BCUT2D eigenvalue weighted by Crippen LogP contribution is -2.39. The van der Waals surface area contributed by atoms with E-state index in [1.807, 2.05) is 31.2 Å². The van der Waals surface area contributed by atoms with E-state index >= 15 is 0 Å². The van der Waals surface area contributed by atoms with Crippen molar-refractivity contribution in [1.29, 1.82) is 0 Å². The minimum atomic E-state index is -0.717. The molecular weight excluding hydrogens is 592 g/mol. The number of rotatable bonds is 9. The van der Waals surface area contributed by atoms with Crippen LogP contribution in [-0.4, -0.2) is 30.4 Å². The van der Waals surface area contributed by atoms with Crippen molar-refractivity contribution in [3.05, 3.63) is 101 Å². The lowest BCUT2D eigenvalue weighted by molar-refractivity contribution is -0.139. The Balaban J connectivity index is 1.93. The maximum Gasteiger partial charge on any atom is 0.338 e. The fourth-order valence-corrected chi connectivity index (χ4v) is 6.13. The summed E-state index contributed by atoms with van der Waals surface area (Å²) in [5, 5.41) is 0.481. The molecule has 0 saturated heterocycles. The van der Waals surface area contributed by atoms with E-state index in [9.17, 15) is 9.59 Å². The van der Waals surface area contributed by atoms with Crippen molar-refractivity contribution in [1.82, 2.24) is 4.57 Å². The van der Waals surface area contributed by atoms with Gasteiger partial charge < -0.3 is 14.2 Å². The van der Waals surface area contributed by atoms with Gasteiger partial charge in [-0.3, -0.25) is 9.36 Å². The van der Waals surface area contributed by atoms with E-state index in [2.05, 4.69) is 27.5 Å². The van der Waals surface area contributed by atoms with Crippen LogP contribution >= 0.6 is 38.9 Å². The third-order valence-electron chi connectivity index (χ3n) is 5.69. The number of ether oxygens (including phenoxy) is 3. The summed E-state index contributed by atoms with van der Waals surface area (Å²) in [5.41, 5.74) is 1.87. The van der Waals surface area contributed by atoms with E-state index < -0.39 is 12.0 Å². The Labute approximate surface area is 237 Å². The molecule has 4 rings (SSSR count). The molecular formula is C28H26BrClN2O5S. The van der Waals surface area contributed by atoms with Gasteiger partial charge in [-0.15, -0.1) is 0 Å². The molecule has 3 aromatic rings. The van der Waals surface area contributed by atoms with Gasteiger partial charge in [-0.05, 0) is 72.6 Å². The molecule has 10 heteroatoms. The molecule has 0 saturated carbocycles. The number of nitrogens with zero attached hydrogens (tertiary/aromatic N) is 2. The molecule has 7 nitrogen and oxygen atoms in total. The molecule has 2 aromatic carbocycles.